The largest absolute Gasteiger partial charge is 0.391 e. The van der Waals surface area contributed by atoms with Crippen LogP contribution in [0.25, 0.3) is 0 Å². The lowest BCUT2D eigenvalue weighted by atomic mass is 10.1. The van der Waals surface area contributed by atoms with Crippen molar-refractivity contribution in [1.29, 1.82) is 0 Å². The van der Waals surface area contributed by atoms with Crippen LogP contribution in [0.4, 0.5) is 0 Å². The standard InChI is InChI=1S/C10H19NO3S/c12-10-4-1-3-9(10)11-5-2-7-15(13,14)8-6-11/h9-10,12H,1-8H2/t9-,10-/m0/s1. The van der Waals surface area contributed by atoms with Gasteiger partial charge < -0.3 is 5.11 Å². The van der Waals surface area contributed by atoms with Gasteiger partial charge in [0.15, 0.2) is 9.84 Å². The molecule has 0 spiro atoms. The van der Waals surface area contributed by atoms with Gasteiger partial charge in [-0.1, -0.05) is 0 Å². The van der Waals surface area contributed by atoms with Gasteiger partial charge in [-0.25, -0.2) is 8.42 Å². The normalized spacial score (nSPS) is 37.7. The molecule has 5 heteroatoms. The molecule has 0 bridgehead atoms. The second-order valence-electron chi connectivity index (χ2n) is 4.61. The summed E-state index contributed by atoms with van der Waals surface area (Å²) in [6, 6.07) is 0.207. The maximum Gasteiger partial charge on any atom is 0.151 e. The number of hydrogen-bond acceptors (Lipinski definition) is 4. The molecule has 2 aliphatic rings. The molecule has 1 N–H and O–H groups in total. The van der Waals surface area contributed by atoms with Gasteiger partial charge in [0.1, 0.15) is 0 Å². The van der Waals surface area contributed by atoms with Gasteiger partial charge in [0.25, 0.3) is 0 Å². The van der Waals surface area contributed by atoms with Crippen molar-refractivity contribution in [3.05, 3.63) is 0 Å². The van der Waals surface area contributed by atoms with Crippen LogP contribution < -0.4 is 0 Å². The van der Waals surface area contributed by atoms with Crippen molar-refractivity contribution in [3.8, 4) is 0 Å². The molecule has 1 heterocycles. The number of aliphatic hydroxyl groups excluding tert-OH is 1. The molecule has 0 aromatic carbocycles. The molecule has 1 aliphatic carbocycles. The molecule has 0 aromatic heterocycles. The summed E-state index contributed by atoms with van der Waals surface area (Å²) in [5.74, 6) is 0.572. The average molecular weight is 233 g/mol. The Kier molecular flexibility index (Phi) is 3.33. The molecule has 0 aromatic rings. The molecule has 0 radical (unpaired) electrons. The topological polar surface area (TPSA) is 57.6 Å². The summed E-state index contributed by atoms with van der Waals surface area (Å²) < 4.78 is 22.8. The van der Waals surface area contributed by atoms with Crippen molar-refractivity contribution in [2.45, 2.75) is 37.8 Å². The number of aliphatic hydroxyl groups is 1. The molecule has 15 heavy (non-hydrogen) atoms. The molecule has 1 saturated carbocycles. The highest BCUT2D eigenvalue weighted by atomic mass is 32.2. The monoisotopic (exact) mass is 233 g/mol. The lowest BCUT2D eigenvalue weighted by Crippen LogP contribution is -2.41. The van der Waals surface area contributed by atoms with E-state index < -0.39 is 9.84 Å². The first-order valence-electron chi connectivity index (χ1n) is 5.71. The van der Waals surface area contributed by atoms with Gasteiger partial charge in [-0.3, -0.25) is 4.90 Å². The number of hydrogen-bond donors (Lipinski definition) is 1. The minimum Gasteiger partial charge on any atom is -0.391 e. The van der Waals surface area contributed by atoms with Crippen LogP contribution in [0.2, 0.25) is 0 Å². The Morgan fingerprint density at radius 2 is 1.87 bits per heavy atom. The van der Waals surface area contributed by atoms with E-state index in [1.807, 2.05) is 0 Å². The molecule has 0 unspecified atom stereocenters. The highest BCUT2D eigenvalue weighted by Crippen LogP contribution is 2.25. The minimum atomic E-state index is -2.82. The first-order valence-corrected chi connectivity index (χ1v) is 7.53. The Balaban J connectivity index is 1.99. The van der Waals surface area contributed by atoms with Gasteiger partial charge in [-0.15, -0.1) is 0 Å². The molecule has 2 fully saturated rings. The molecule has 2 atom stereocenters. The Labute approximate surface area is 91.2 Å². The van der Waals surface area contributed by atoms with E-state index in [9.17, 15) is 13.5 Å². The van der Waals surface area contributed by atoms with E-state index in [1.54, 1.807) is 0 Å². The van der Waals surface area contributed by atoms with Crippen LogP contribution in [0.1, 0.15) is 25.7 Å². The summed E-state index contributed by atoms with van der Waals surface area (Å²) in [6.45, 7) is 1.42. The Morgan fingerprint density at radius 3 is 2.53 bits per heavy atom. The molecule has 0 amide bonds. The fourth-order valence-electron chi connectivity index (χ4n) is 2.64. The fourth-order valence-corrected chi connectivity index (χ4v) is 3.92. The van der Waals surface area contributed by atoms with Crippen molar-refractivity contribution in [1.82, 2.24) is 4.90 Å². The van der Waals surface area contributed by atoms with E-state index in [2.05, 4.69) is 4.90 Å². The van der Waals surface area contributed by atoms with Crippen LogP contribution in [-0.2, 0) is 9.84 Å². The van der Waals surface area contributed by atoms with Crippen LogP contribution in [0.5, 0.6) is 0 Å². The van der Waals surface area contributed by atoms with Crippen LogP contribution >= 0.6 is 0 Å². The summed E-state index contributed by atoms with van der Waals surface area (Å²) in [6.07, 6.45) is 3.42. The van der Waals surface area contributed by atoms with Gasteiger partial charge >= 0.3 is 0 Å². The molecule has 1 saturated heterocycles. The molecule has 88 valence electrons. The van der Waals surface area contributed by atoms with Crippen LogP contribution in [0.15, 0.2) is 0 Å². The zero-order valence-electron chi connectivity index (χ0n) is 8.93. The summed E-state index contributed by atoms with van der Waals surface area (Å²) >= 11 is 0. The highest BCUT2D eigenvalue weighted by molar-refractivity contribution is 7.91. The fraction of sp³-hybridized carbons (Fsp3) is 1.00. The number of nitrogens with zero attached hydrogens (tertiary/aromatic N) is 1. The van der Waals surface area contributed by atoms with E-state index in [0.717, 1.165) is 25.8 Å². The molecule has 2 rings (SSSR count). The van der Waals surface area contributed by atoms with E-state index in [4.69, 9.17) is 0 Å². The third kappa shape index (κ3) is 2.71. The zero-order valence-corrected chi connectivity index (χ0v) is 9.75. The summed E-state index contributed by atoms with van der Waals surface area (Å²) in [5, 5.41) is 9.77. The van der Waals surface area contributed by atoms with Crippen LogP contribution in [0.3, 0.4) is 0 Å². The summed E-state index contributed by atoms with van der Waals surface area (Å²) in [5.41, 5.74) is 0. The smallest absolute Gasteiger partial charge is 0.151 e. The Morgan fingerprint density at radius 1 is 1.07 bits per heavy atom. The first-order chi connectivity index (χ1) is 7.08. The predicted octanol–water partition coefficient (Wildman–Crippen LogP) is 0.0203. The van der Waals surface area contributed by atoms with E-state index >= 15 is 0 Å². The van der Waals surface area contributed by atoms with Gasteiger partial charge in [-0.2, -0.15) is 0 Å². The van der Waals surface area contributed by atoms with Crippen molar-refractivity contribution >= 4 is 9.84 Å². The maximum absolute atomic E-state index is 11.4. The second kappa shape index (κ2) is 4.39. The zero-order chi connectivity index (χ0) is 10.9. The van der Waals surface area contributed by atoms with Crippen LogP contribution in [-0.4, -0.2) is 55.2 Å². The van der Waals surface area contributed by atoms with Crippen molar-refractivity contribution in [2.24, 2.45) is 0 Å². The van der Waals surface area contributed by atoms with E-state index in [-0.39, 0.29) is 17.9 Å². The quantitative estimate of drug-likeness (QED) is 0.694. The minimum absolute atomic E-state index is 0.207. The lowest BCUT2D eigenvalue weighted by Gasteiger charge is -2.29. The molecular formula is C10H19NO3S. The number of sulfone groups is 1. The molecule has 4 nitrogen and oxygen atoms in total. The Hall–Kier alpha value is -0.130. The number of rotatable bonds is 1. The van der Waals surface area contributed by atoms with Gasteiger partial charge in [0.05, 0.1) is 17.6 Å². The molecule has 1 aliphatic heterocycles. The van der Waals surface area contributed by atoms with E-state index in [0.29, 0.717) is 18.7 Å². The lowest BCUT2D eigenvalue weighted by molar-refractivity contribution is 0.0754. The highest BCUT2D eigenvalue weighted by Gasteiger charge is 2.32. The van der Waals surface area contributed by atoms with E-state index in [1.165, 1.54) is 0 Å². The van der Waals surface area contributed by atoms with Gasteiger partial charge in [0.2, 0.25) is 0 Å². The van der Waals surface area contributed by atoms with Crippen LogP contribution in [0, 0.1) is 0 Å². The second-order valence-corrected chi connectivity index (χ2v) is 6.91. The van der Waals surface area contributed by atoms with Gasteiger partial charge in [0, 0.05) is 12.6 Å². The summed E-state index contributed by atoms with van der Waals surface area (Å²) in [4.78, 5) is 2.17. The Bertz CT molecular complexity index is 315. The average Bonchev–Trinajstić information content (AvgIpc) is 2.49. The third-order valence-corrected chi connectivity index (χ3v) is 5.22. The van der Waals surface area contributed by atoms with Gasteiger partial charge in [-0.05, 0) is 32.2 Å². The summed E-state index contributed by atoms with van der Waals surface area (Å²) in [7, 11) is -2.82. The van der Waals surface area contributed by atoms with Crippen molar-refractivity contribution in [2.75, 3.05) is 24.6 Å². The van der Waals surface area contributed by atoms with Crippen molar-refractivity contribution < 1.29 is 13.5 Å². The predicted molar refractivity (Wildman–Crippen MR) is 58.5 cm³/mol. The third-order valence-electron chi connectivity index (χ3n) is 3.50. The SMILES string of the molecule is O=S1(=O)CCCN([C@H]2CCC[C@@H]2O)CC1. The maximum atomic E-state index is 11.4. The van der Waals surface area contributed by atoms with Crippen molar-refractivity contribution in [3.63, 3.8) is 0 Å². The first kappa shape index (κ1) is 11.4. The molecular weight excluding hydrogens is 214 g/mol.